The van der Waals surface area contributed by atoms with Crippen molar-refractivity contribution in [1.82, 2.24) is 25.3 Å². The summed E-state index contributed by atoms with van der Waals surface area (Å²) in [5.41, 5.74) is 4.93. The number of hydrogen-bond donors (Lipinski definition) is 2. The van der Waals surface area contributed by atoms with Crippen molar-refractivity contribution in [3.8, 4) is 0 Å². The summed E-state index contributed by atoms with van der Waals surface area (Å²) in [5.74, 6) is 0.522. The molecule has 164 valence electrons. The van der Waals surface area contributed by atoms with E-state index in [2.05, 4.69) is 25.3 Å². The van der Waals surface area contributed by atoms with Crippen LogP contribution in [0.15, 0.2) is 15.8 Å². The highest BCUT2D eigenvalue weighted by molar-refractivity contribution is 7.10. The number of nitrogens with one attached hydrogen (secondary N) is 2. The van der Waals surface area contributed by atoms with Crippen LogP contribution in [0, 0.1) is 17.0 Å². The van der Waals surface area contributed by atoms with Crippen molar-refractivity contribution in [3.63, 3.8) is 0 Å². The first-order chi connectivity index (χ1) is 15.0. The standard InChI is InChI=1S/C12H13N5O3S.C7H10N2S/c1-7-14-11(10(17(19)20)12(18)15-7)16-4-2-8-9(3-5-16)21-6-13-8;1-3-8-4-2-7-6(1)9-5-10-7/h6H,2-5H2,1H3,(H,14,15,18);5,8H,1-4H2. The number of nitrogens with zero attached hydrogens (tertiary/aromatic N) is 5. The van der Waals surface area contributed by atoms with E-state index >= 15 is 0 Å². The van der Waals surface area contributed by atoms with Crippen molar-refractivity contribution in [2.75, 3.05) is 31.1 Å². The highest BCUT2D eigenvalue weighted by Gasteiger charge is 2.28. The first kappa shape index (κ1) is 21.5. The molecular weight excluding hydrogens is 438 g/mol. The quantitative estimate of drug-likeness (QED) is 0.437. The molecule has 2 N–H and O–H groups in total. The second kappa shape index (κ2) is 9.62. The number of hydrogen-bond acceptors (Lipinski definition) is 10. The lowest BCUT2D eigenvalue weighted by Crippen LogP contribution is -2.30. The van der Waals surface area contributed by atoms with E-state index in [1.165, 1.54) is 21.9 Å². The Morgan fingerprint density at radius 3 is 2.42 bits per heavy atom. The van der Waals surface area contributed by atoms with Gasteiger partial charge in [0, 0.05) is 55.2 Å². The van der Waals surface area contributed by atoms with Gasteiger partial charge in [0.25, 0.3) is 0 Å². The van der Waals surface area contributed by atoms with E-state index in [1.54, 1.807) is 34.5 Å². The van der Waals surface area contributed by atoms with Crippen LogP contribution >= 0.6 is 22.7 Å². The molecule has 0 aliphatic carbocycles. The fourth-order valence-electron chi connectivity index (χ4n) is 3.69. The second-order valence-electron chi connectivity index (χ2n) is 7.26. The van der Waals surface area contributed by atoms with Gasteiger partial charge >= 0.3 is 11.2 Å². The minimum Gasteiger partial charge on any atom is -0.350 e. The Kier molecular flexibility index (Phi) is 6.68. The van der Waals surface area contributed by atoms with Crippen LogP contribution in [0.4, 0.5) is 11.5 Å². The molecule has 10 nitrogen and oxygen atoms in total. The van der Waals surface area contributed by atoms with Gasteiger partial charge in [0.15, 0.2) is 0 Å². The Labute approximate surface area is 186 Å². The van der Waals surface area contributed by atoms with E-state index in [4.69, 9.17) is 0 Å². The fourth-order valence-corrected chi connectivity index (χ4v) is 5.31. The third-order valence-electron chi connectivity index (χ3n) is 5.22. The summed E-state index contributed by atoms with van der Waals surface area (Å²) in [6.07, 6.45) is 3.73. The average Bonchev–Trinajstić information content (AvgIpc) is 3.25. The lowest BCUT2D eigenvalue weighted by atomic mass is 10.2. The van der Waals surface area contributed by atoms with Crippen LogP contribution in [0.25, 0.3) is 0 Å². The van der Waals surface area contributed by atoms with Gasteiger partial charge < -0.3 is 15.2 Å². The van der Waals surface area contributed by atoms with Gasteiger partial charge in [0.2, 0.25) is 5.82 Å². The molecule has 0 saturated carbocycles. The Morgan fingerprint density at radius 2 is 1.68 bits per heavy atom. The zero-order chi connectivity index (χ0) is 21.8. The largest absolute Gasteiger partial charge is 0.375 e. The summed E-state index contributed by atoms with van der Waals surface area (Å²) >= 11 is 3.38. The molecule has 5 heterocycles. The molecule has 0 radical (unpaired) electrons. The molecule has 12 heteroatoms. The minimum absolute atomic E-state index is 0.149. The van der Waals surface area contributed by atoms with Gasteiger partial charge in [-0.3, -0.25) is 14.9 Å². The summed E-state index contributed by atoms with van der Waals surface area (Å²) in [7, 11) is 0. The maximum Gasteiger partial charge on any atom is 0.375 e. The van der Waals surface area contributed by atoms with E-state index in [0.717, 1.165) is 31.6 Å². The molecule has 0 aromatic carbocycles. The van der Waals surface area contributed by atoms with Crippen molar-refractivity contribution < 1.29 is 4.92 Å². The molecular formula is C19H23N7O3S2. The number of anilines is 1. The van der Waals surface area contributed by atoms with E-state index in [9.17, 15) is 14.9 Å². The second-order valence-corrected chi connectivity index (χ2v) is 9.14. The van der Waals surface area contributed by atoms with Crippen LogP contribution in [-0.2, 0) is 25.7 Å². The molecule has 5 rings (SSSR count). The average molecular weight is 462 g/mol. The predicted molar refractivity (Wildman–Crippen MR) is 120 cm³/mol. The van der Waals surface area contributed by atoms with Gasteiger partial charge in [-0.1, -0.05) is 0 Å². The maximum absolute atomic E-state index is 11.8. The third-order valence-corrected chi connectivity index (χ3v) is 7.09. The summed E-state index contributed by atoms with van der Waals surface area (Å²) in [4.78, 5) is 42.0. The Bertz CT molecular complexity index is 1080. The van der Waals surface area contributed by atoms with Crippen LogP contribution < -0.4 is 15.8 Å². The van der Waals surface area contributed by atoms with E-state index in [1.807, 2.05) is 11.0 Å². The molecule has 0 atom stereocenters. The number of thiazole rings is 2. The molecule has 0 fully saturated rings. The number of fused-ring (bicyclic) bond motifs is 2. The predicted octanol–water partition coefficient (Wildman–Crippen LogP) is 1.88. The number of aromatic nitrogens is 4. The third kappa shape index (κ3) is 4.97. The number of aromatic amines is 1. The van der Waals surface area contributed by atoms with E-state index < -0.39 is 16.2 Å². The Morgan fingerprint density at radius 1 is 1.03 bits per heavy atom. The van der Waals surface area contributed by atoms with E-state index in [-0.39, 0.29) is 5.82 Å². The molecule has 0 amide bonds. The highest BCUT2D eigenvalue weighted by Crippen LogP contribution is 2.26. The Hall–Kier alpha value is -2.70. The fraction of sp³-hybridized carbons (Fsp3) is 0.474. The van der Waals surface area contributed by atoms with Crippen LogP contribution in [0.2, 0.25) is 0 Å². The van der Waals surface area contributed by atoms with E-state index in [0.29, 0.717) is 25.3 Å². The maximum atomic E-state index is 11.8. The van der Waals surface area contributed by atoms with Crippen molar-refractivity contribution >= 4 is 34.2 Å². The molecule has 3 aromatic heterocycles. The first-order valence-corrected chi connectivity index (χ1v) is 11.8. The zero-order valence-electron chi connectivity index (χ0n) is 17.1. The molecule has 2 aliphatic rings. The number of rotatable bonds is 2. The molecule has 0 unspecified atom stereocenters. The summed E-state index contributed by atoms with van der Waals surface area (Å²) in [5, 5.41) is 14.5. The van der Waals surface area contributed by atoms with Crippen molar-refractivity contribution in [3.05, 3.63) is 58.5 Å². The summed E-state index contributed by atoms with van der Waals surface area (Å²) in [6, 6.07) is 0. The Balaban J connectivity index is 0.000000192. The lowest BCUT2D eigenvalue weighted by Gasteiger charge is -2.20. The van der Waals surface area contributed by atoms with Gasteiger partial charge in [-0.15, -0.1) is 22.7 Å². The summed E-state index contributed by atoms with van der Waals surface area (Å²) < 4.78 is 0. The van der Waals surface area contributed by atoms with Crippen molar-refractivity contribution in [1.29, 1.82) is 0 Å². The van der Waals surface area contributed by atoms with Crippen LogP contribution in [0.5, 0.6) is 0 Å². The molecule has 0 bridgehead atoms. The topological polar surface area (TPSA) is 130 Å². The molecule has 31 heavy (non-hydrogen) atoms. The molecule has 0 saturated heterocycles. The molecule has 3 aromatic rings. The SMILES string of the molecule is Cc1nc(N2CCc3ncsc3CC2)c([N+](=O)[O-])c(=O)[nH]1.c1nc2c(s1)CCNCC2. The van der Waals surface area contributed by atoms with Crippen LogP contribution in [0.1, 0.15) is 27.0 Å². The molecule has 2 aliphatic heterocycles. The monoisotopic (exact) mass is 461 g/mol. The lowest BCUT2D eigenvalue weighted by molar-refractivity contribution is -0.385. The van der Waals surface area contributed by atoms with Gasteiger partial charge in [-0.2, -0.15) is 0 Å². The number of nitro groups is 1. The first-order valence-electron chi connectivity index (χ1n) is 10.1. The minimum atomic E-state index is -0.709. The number of H-pyrrole nitrogens is 1. The van der Waals surface area contributed by atoms with Gasteiger partial charge in [-0.25, -0.2) is 15.0 Å². The van der Waals surface area contributed by atoms with Gasteiger partial charge in [0.05, 0.1) is 27.3 Å². The molecule has 0 spiro atoms. The van der Waals surface area contributed by atoms with Gasteiger partial charge in [-0.05, 0) is 13.3 Å². The smallest absolute Gasteiger partial charge is 0.350 e. The zero-order valence-corrected chi connectivity index (χ0v) is 18.7. The number of aryl methyl sites for hydroxylation is 1. The highest BCUT2D eigenvalue weighted by atomic mass is 32.1. The van der Waals surface area contributed by atoms with Gasteiger partial charge in [0.1, 0.15) is 5.82 Å². The van der Waals surface area contributed by atoms with Crippen LogP contribution in [0.3, 0.4) is 0 Å². The summed E-state index contributed by atoms with van der Waals surface area (Å²) in [6.45, 7) is 4.98. The van der Waals surface area contributed by atoms with Crippen molar-refractivity contribution in [2.24, 2.45) is 0 Å². The van der Waals surface area contributed by atoms with Crippen LogP contribution in [-0.4, -0.2) is 51.0 Å². The van der Waals surface area contributed by atoms with Crippen molar-refractivity contribution in [2.45, 2.75) is 32.6 Å². The normalized spacial score (nSPS) is 15.7.